The van der Waals surface area contributed by atoms with Crippen LogP contribution in [0.3, 0.4) is 0 Å². The first-order chi connectivity index (χ1) is 24.0. The SMILES string of the molecule is CC#CCOc1ccc(C[C@H](NC(=O)[C@@H](C=CCCCCCCC(=O)CCCCCCC)[C@@](O)(CC(=O)O)C(=O)O)C(=O)OCCCC)cc1. The molecule has 1 aromatic rings. The van der Waals surface area contributed by atoms with Crippen LogP contribution < -0.4 is 10.1 Å². The largest absolute Gasteiger partial charge is 0.481 e. The molecule has 0 fully saturated rings. The summed E-state index contributed by atoms with van der Waals surface area (Å²) in [7, 11) is 0. The Morgan fingerprint density at radius 3 is 2.08 bits per heavy atom. The average Bonchev–Trinajstić information content (AvgIpc) is 3.07. The molecule has 278 valence electrons. The highest BCUT2D eigenvalue weighted by atomic mass is 16.5. The second-order valence-corrected chi connectivity index (χ2v) is 12.5. The summed E-state index contributed by atoms with van der Waals surface area (Å²) < 4.78 is 10.9. The number of hydrogen-bond donors (Lipinski definition) is 4. The molecule has 0 aliphatic carbocycles. The minimum absolute atomic E-state index is 0.0199. The van der Waals surface area contributed by atoms with Gasteiger partial charge in [0.05, 0.1) is 18.9 Å². The van der Waals surface area contributed by atoms with E-state index in [1.807, 2.05) is 6.92 Å². The third kappa shape index (κ3) is 18.0. The summed E-state index contributed by atoms with van der Waals surface area (Å²) in [5.41, 5.74) is -2.35. The van der Waals surface area contributed by atoms with E-state index in [-0.39, 0.29) is 25.4 Å². The van der Waals surface area contributed by atoms with E-state index in [4.69, 9.17) is 9.47 Å². The highest BCUT2D eigenvalue weighted by Gasteiger charge is 2.49. The predicted molar refractivity (Wildman–Crippen MR) is 190 cm³/mol. The summed E-state index contributed by atoms with van der Waals surface area (Å²) in [6.45, 7) is 6.09. The number of aliphatic hydroxyl groups is 1. The topological polar surface area (TPSA) is 177 Å². The smallest absolute Gasteiger partial charge is 0.337 e. The van der Waals surface area contributed by atoms with Crippen molar-refractivity contribution in [2.75, 3.05) is 13.2 Å². The second kappa shape index (κ2) is 25.8. The van der Waals surface area contributed by atoms with E-state index in [0.717, 1.165) is 44.9 Å². The van der Waals surface area contributed by atoms with Crippen molar-refractivity contribution < 1.29 is 48.8 Å². The Balaban J connectivity index is 3.00. The Labute approximate surface area is 297 Å². The third-order valence-electron chi connectivity index (χ3n) is 8.25. The maximum Gasteiger partial charge on any atom is 0.337 e. The van der Waals surface area contributed by atoms with Gasteiger partial charge in [0.1, 0.15) is 24.2 Å². The zero-order valence-corrected chi connectivity index (χ0v) is 30.0. The van der Waals surface area contributed by atoms with Gasteiger partial charge in [-0.05, 0) is 56.7 Å². The van der Waals surface area contributed by atoms with E-state index in [9.17, 15) is 39.3 Å². The third-order valence-corrected chi connectivity index (χ3v) is 8.25. The molecule has 0 bridgehead atoms. The maximum atomic E-state index is 13.7. The summed E-state index contributed by atoms with van der Waals surface area (Å²) >= 11 is 0. The second-order valence-electron chi connectivity index (χ2n) is 12.5. The molecule has 1 aromatic carbocycles. The number of carbonyl (C=O) groups excluding carboxylic acids is 3. The van der Waals surface area contributed by atoms with Crippen molar-refractivity contribution in [3.05, 3.63) is 42.0 Å². The summed E-state index contributed by atoms with van der Waals surface area (Å²) in [5, 5.41) is 32.9. The van der Waals surface area contributed by atoms with Gasteiger partial charge in [-0.15, -0.1) is 5.92 Å². The van der Waals surface area contributed by atoms with E-state index in [2.05, 4.69) is 24.1 Å². The number of allylic oxidation sites excluding steroid dienone is 1. The van der Waals surface area contributed by atoms with Crippen molar-refractivity contribution in [3.63, 3.8) is 0 Å². The van der Waals surface area contributed by atoms with Gasteiger partial charge in [0.25, 0.3) is 0 Å². The lowest BCUT2D eigenvalue weighted by atomic mass is 9.82. The first kappa shape index (κ1) is 43.9. The van der Waals surface area contributed by atoms with Gasteiger partial charge in [0, 0.05) is 19.3 Å². The summed E-state index contributed by atoms with van der Waals surface area (Å²) in [4.78, 5) is 62.7. The quantitative estimate of drug-likeness (QED) is 0.0341. The normalized spacial score (nSPS) is 13.4. The molecule has 0 spiro atoms. The molecule has 0 heterocycles. The van der Waals surface area contributed by atoms with Gasteiger partial charge in [0.15, 0.2) is 5.60 Å². The fraction of sp³-hybridized carbons (Fsp3) is 0.615. The van der Waals surface area contributed by atoms with Crippen LogP contribution in [0.2, 0.25) is 0 Å². The first-order valence-electron chi connectivity index (χ1n) is 17.9. The fourth-order valence-corrected chi connectivity index (χ4v) is 5.26. The standard InChI is InChI=1S/C39H57NO10/c1-4-7-10-13-16-19-31(41)20-17-14-11-12-15-18-21-33(39(48,38(46)47)29-35(42)43)36(44)40-34(37(45)50-27-9-6-3)28-30-22-24-32(25-23-30)49-26-8-5-2/h18,21-25,33-34,48H,4,6-7,9-17,19-20,26-29H2,1-3H3,(H,40,44)(H,42,43)(H,46,47)/t33-,34+,39+/m1/s1. The number of unbranched alkanes of at least 4 members (excludes halogenated alkanes) is 9. The monoisotopic (exact) mass is 699 g/mol. The van der Waals surface area contributed by atoms with Crippen LogP contribution in [0.4, 0.5) is 0 Å². The van der Waals surface area contributed by atoms with Gasteiger partial charge in [-0.2, -0.15) is 0 Å². The predicted octanol–water partition coefficient (Wildman–Crippen LogP) is 6.19. The number of ketones is 1. The molecule has 3 atom stereocenters. The Morgan fingerprint density at radius 2 is 1.50 bits per heavy atom. The highest BCUT2D eigenvalue weighted by Crippen LogP contribution is 2.26. The zero-order chi connectivity index (χ0) is 37.2. The molecule has 1 rings (SSSR count). The van der Waals surface area contributed by atoms with E-state index >= 15 is 0 Å². The molecule has 0 unspecified atom stereocenters. The number of ether oxygens (including phenoxy) is 2. The van der Waals surface area contributed by atoms with Crippen LogP contribution in [0.25, 0.3) is 0 Å². The number of benzene rings is 1. The molecule has 0 aromatic heterocycles. The number of esters is 1. The van der Waals surface area contributed by atoms with E-state index in [1.54, 1.807) is 31.2 Å². The van der Waals surface area contributed by atoms with Crippen molar-refractivity contribution in [3.8, 4) is 17.6 Å². The first-order valence-corrected chi connectivity index (χ1v) is 17.9. The Morgan fingerprint density at radius 1 is 0.880 bits per heavy atom. The number of aliphatic carboxylic acids is 2. The van der Waals surface area contributed by atoms with Crippen LogP contribution in [0.1, 0.15) is 123 Å². The lowest BCUT2D eigenvalue weighted by Crippen LogP contribution is -2.55. The number of nitrogens with one attached hydrogen (secondary N) is 1. The minimum Gasteiger partial charge on any atom is -0.481 e. The van der Waals surface area contributed by atoms with Crippen molar-refractivity contribution in [1.82, 2.24) is 5.32 Å². The van der Waals surface area contributed by atoms with Crippen molar-refractivity contribution in [2.45, 2.75) is 135 Å². The van der Waals surface area contributed by atoms with Crippen LogP contribution in [-0.4, -0.2) is 69.8 Å². The lowest BCUT2D eigenvalue weighted by molar-refractivity contribution is -0.172. The van der Waals surface area contributed by atoms with Crippen LogP contribution >= 0.6 is 0 Å². The fourth-order valence-electron chi connectivity index (χ4n) is 5.26. The summed E-state index contributed by atoms with van der Waals surface area (Å²) in [6.07, 6.45) is 13.0. The molecular weight excluding hydrogens is 642 g/mol. The van der Waals surface area contributed by atoms with Gasteiger partial charge < -0.3 is 30.1 Å². The molecule has 0 aliphatic rings. The van der Waals surface area contributed by atoms with Gasteiger partial charge in [-0.1, -0.05) is 89.0 Å². The Kier molecular flexibility index (Phi) is 22.6. The number of carbonyl (C=O) groups is 5. The van der Waals surface area contributed by atoms with Crippen LogP contribution in [-0.2, 0) is 35.1 Å². The van der Waals surface area contributed by atoms with Gasteiger partial charge in [0.2, 0.25) is 5.91 Å². The number of amides is 1. The molecule has 0 radical (unpaired) electrons. The van der Waals surface area contributed by atoms with Gasteiger partial charge >= 0.3 is 17.9 Å². The van der Waals surface area contributed by atoms with Crippen LogP contribution in [0.15, 0.2) is 36.4 Å². The van der Waals surface area contributed by atoms with Gasteiger partial charge in [-0.3, -0.25) is 14.4 Å². The molecule has 11 heteroatoms. The molecule has 1 amide bonds. The number of hydrogen-bond acceptors (Lipinski definition) is 8. The maximum absolute atomic E-state index is 13.7. The molecule has 0 saturated carbocycles. The Bertz CT molecular complexity index is 1280. The molecule has 4 N–H and O–H groups in total. The lowest BCUT2D eigenvalue weighted by Gasteiger charge is -2.30. The molecule has 50 heavy (non-hydrogen) atoms. The average molecular weight is 700 g/mol. The molecule has 0 saturated heterocycles. The Hall–Kier alpha value is -4.17. The van der Waals surface area contributed by atoms with E-state index in [0.29, 0.717) is 43.4 Å². The van der Waals surface area contributed by atoms with Crippen LogP contribution in [0.5, 0.6) is 5.75 Å². The van der Waals surface area contributed by atoms with Crippen LogP contribution in [0, 0.1) is 17.8 Å². The summed E-state index contributed by atoms with van der Waals surface area (Å²) in [5.74, 6) is -0.750. The number of Topliss-reactive ketones (excluding diaryl/α,β-unsaturated/α-hetero) is 1. The zero-order valence-electron chi connectivity index (χ0n) is 30.0. The summed E-state index contributed by atoms with van der Waals surface area (Å²) in [6, 6.07) is 5.52. The number of carboxylic acid groups (broad SMARTS) is 2. The highest BCUT2D eigenvalue weighted by molar-refractivity contribution is 5.94. The van der Waals surface area contributed by atoms with E-state index < -0.39 is 47.8 Å². The molecular formula is C39H57NO10. The molecule has 0 aliphatic heterocycles. The van der Waals surface area contributed by atoms with Gasteiger partial charge in [-0.25, -0.2) is 9.59 Å². The van der Waals surface area contributed by atoms with E-state index in [1.165, 1.54) is 25.0 Å². The number of rotatable bonds is 28. The van der Waals surface area contributed by atoms with Crippen molar-refractivity contribution in [2.24, 2.45) is 5.92 Å². The van der Waals surface area contributed by atoms with Crippen molar-refractivity contribution >= 4 is 29.6 Å². The molecule has 11 nitrogen and oxygen atoms in total. The minimum atomic E-state index is -2.99. The number of carboxylic acids is 2. The van der Waals surface area contributed by atoms with Crippen molar-refractivity contribution in [1.29, 1.82) is 0 Å².